The zero-order chi connectivity index (χ0) is 14.5. The van der Waals surface area contributed by atoms with Crippen LogP contribution in [-0.2, 0) is 17.8 Å². The van der Waals surface area contributed by atoms with Crippen molar-refractivity contribution in [3.8, 4) is 5.75 Å². The molecule has 0 unspecified atom stereocenters. The highest BCUT2D eigenvalue weighted by Crippen LogP contribution is 2.24. The van der Waals surface area contributed by atoms with Crippen LogP contribution in [-0.4, -0.2) is 24.2 Å². The molecule has 0 amide bonds. The van der Waals surface area contributed by atoms with Gasteiger partial charge in [-0.15, -0.1) is 0 Å². The number of hydrogen-bond donors (Lipinski definition) is 0. The lowest BCUT2D eigenvalue weighted by molar-refractivity contribution is 0.180. The Morgan fingerprint density at radius 2 is 1.85 bits per heavy atom. The molecule has 0 N–H and O–H groups in total. The van der Waals surface area contributed by atoms with Gasteiger partial charge in [-0.1, -0.05) is 23.7 Å². The van der Waals surface area contributed by atoms with E-state index < -0.39 is 0 Å². The minimum Gasteiger partial charge on any atom is -0.497 e. The van der Waals surface area contributed by atoms with Crippen molar-refractivity contribution in [2.75, 3.05) is 14.2 Å². The summed E-state index contributed by atoms with van der Waals surface area (Å²) in [7, 11) is 3.26. The molecule has 0 aliphatic rings. The van der Waals surface area contributed by atoms with Crippen LogP contribution < -0.4 is 4.74 Å². The number of benzene rings is 1. The number of aromatic nitrogens is 2. The summed E-state index contributed by atoms with van der Waals surface area (Å²) in [6.07, 6.45) is 0.605. The molecule has 0 bridgehead atoms. The molecule has 0 radical (unpaired) electrons. The third-order valence-electron chi connectivity index (χ3n) is 2.73. The minimum absolute atomic E-state index is 0.387. The fourth-order valence-electron chi connectivity index (χ4n) is 1.75. The average Bonchev–Trinajstić information content (AvgIpc) is 2.45. The number of halogens is 2. The molecule has 0 fully saturated rings. The van der Waals surface area contributed by atoms with Crippen molar-refractivity contribution in [2.24, 2.45) is 0 Å². The molecule has 2 aromatic rings. The Morgan fingerprint density at radius 1 is 1.15 bits per heavy atom. The normalized spacial score (nSPS) is 10.6. The lowest BCUT2D eigenvalue weighted by Crippen LogP contribution is -2.03. The number of methoxy groups -OCH3 is 2. The molecule has 6 heteroatoms. The van der Waals surface area contributed by atoms with Gasteiger partial charge >= 0.3 is 0 Å². The highest BCUT2D eigenvalue weighted by molar-refractivity contribution is 9.10. The lowest BCUT2D eigenvalue weighted by atomic mass is 10.1. The summed E-state index contributed by atoms with van der Waals surface area (Å²) in [5.74, 6) is 1.49. The maximum absolute atomic E-state index is 6.10. The first kappa shape index (κ1) is 15.2. The Hall–Kier alpha value is -1.17. The second kappa shape index (κ2) is 7.02. The van der Waals surface area contributed by atoms with Gasteiger partial charge in [0.05, 0.1) is 23.9 Å². The largest absolute Gasteiger partial charge is 0.497 e. The van der Waals surface area contributed by atoms with Crippen molar-refractivity contribution in [1.29, 1.82) is 0 Å². The van der Waals surface area contributed by atoms with E-state index >= 15 is 0 Å². The molecule has 1 heterocycles. The first-order chi connectivity index (χ1) is 9.63. The summed E-state index contributed by atoms with van der Waals surface area (Å²) in [6.45, 7) is 0.387. The molecule has 0 spiro atoms. The summed E-state index contributed by atoms with van der Waals surface area (Å²) >= 11 is 9.46. The summed E-state index contributed by atoms with van der Waals surface area (Å²) in [4.78, 5) is 8.74. The molecule has 0 aliphatic heterocycles. The molecule has 0 saturated carbocycles. The maximum atomic E-state index is 6.10. The Morgan fingerprint density at radius 3 is 2.45 bits per heavy atom. The molecule has 0 atom stereocenters. The van der Waals surface area contributed by atoms with E-state index in [9.17, 15) is 0 Å². The highest BCUT2D eigenvalue weighted by Gasteiger charge is 2.11. The monoisotopic (exact) mass is 356 g/mol. The smallest absolute Gasteiger partial charge is 0.147 e. The van der Waals surface area contributed by atoms with Crippen molar-refractivity contribution in [1.82, 2.24) is 9.97 Å². The van der Waals surface area contributed by atoms with Crippen molar-refractivity contribution in [3.05, 3.63) is 51.0 Å². The Labute approximate surface area is 131 Å². The zero-order valence-corrected chi connectivity index (χ0v) is 13.5. The summed E-state index contributed by atoms with van der Waals surface area (Å²) in [5, 5.41) is 0.399. The van der Waals surface area contributed by atoms with E-state index in [1.165, 1.54) is 0 Å². The number of hydrogen-bond acceptors (Lipinski definition) is 4. The van der Waals surface area contributed by atoms with E-state index in [-0.39, 0.29) is 0 Å². The van der Waals surface area contributed by atoms with E-state index in [0.29, 0.717) is 28.5 Å². The van der Waals surface area contributed by atoms with Crippen LogP contribution in [0, 0.1) is 0 Å². The average molecular weight is 358 g/mol. The Kier molecular flexibility index (Phi) is 5.34. The van der Waals surface area contributed by atoms with E-state index in [1.807, 2.05) is 24.3 Å². The van der Waals surface area contributed by atoms with Crippen LogP contribution >= 0.6 is 27.5 Å². The second-order valence-electron chi connectivity index (χ2n) is 4.15. The van der Waals surface area contributed by atoms with E-state index in [0.717, 1.165) is 17.0 Å². The van der Waals surface area contributed by atoms with Gasteiger partial charge in [0, 0.05) is 13.5 Å². The molecule has 4 nitrogen and oxygen atoms in total. The van der Waals surface area contributed by atoms with Crippen molar-refractivity contribution in [2.45, 2.75) is 13.0 Å². The van der Waals surface area contributed by atoms with Crippen LogP contribution in [0.5, 0.6) is 5.75 Å². The SMILES string of the molecule is COCc1nc(Cc2ccc(OC)cc2)nc(Cl)c1Br. The third kappa shape index (κ3) is 3.69. The number of rotatable bonds is 5. The maximum Gasteiger partial charge on any atom is 0.147 e. The van der Waals surface area contributed by atoms with Gasteiger partial charge in [-0.2, -0.15) is 0 Å². The van der Waals surface area contributed by atoms with Crippen LogP contribution in [0.1, 0.15) is 17.1 Å². The van der Waals surface area contributed by atoms with E-state index in [4.69, 9.17) is 21.1 Å². The predicted octanol–water partition coefficient (Wildman–Crippen LogP) is 3.64. The van der Waals surface area contributed by atoms with E-state index in [2.05, 4.69) is 25.9 Å². The van der Waals surface area contributed by atoms with Crippen molar-refractivity contribution in [3.63, 3.8) is 0 Å². The number of nitrogens with zero attached hydrogens (tertiary/aromatic N) is 2. The molecular formula is C14H14BrClN2O2. The van der Waals surface area contributed by atoms with Gasteiger partial charge in [0.25, 0.3) is 0 Å². The molecule has 1 aromatic heterocycles. The van der Waals surface area contributed by atoms with E-state index in [1.54, 1.807) is 14.2 Å². The molecule has 0 aliphatic carbocycles. The fraction of sp³-hybridized carbons (Fsp3) is 0.286. The fourth-order valence-corrected chi connectivity index (χ4v) is 2.25. The van der Waals surface area contributed by atoms with Crippen LogP contribution in [0.25, 0.3) is 0 Å². The van der Waals surface area contributed by atoms with Gasteiger partial charge in [0.15, 0.2) is 0 Å². The summed E-state index contributed by atoms with van der Waals surface area (Å²) in [5.41, 5.74) is 1.84. The lowest BCUT2D eigenvalue weighted by Gasteiger charge is -2.08. The van der Waals surface area contributed by atoms with Gasteiger partial charge in [0.1, 0.15) is 16.7 Å². The van der Waals surface area contributed by atoms with Gasteiger partial charge in [-0.25, -0.2) is 9.97 Å². The number of ether oxygens (including phenoxy) is 2. The summed E-state index contributed by atoms with van der Waals surface area (Å²) < 4.78 is 10.9. The second-order valence-corrected chi connectivity index (χ2v) is 5.30. The van der Waals surface area contributed by atoms with Crippen LogP contribution in [0.2, 0.25) is 5.15 Å². The highest BCUT2D eigenvalue weighted by atomic mass is 79.9. The first-order valence-corrected chi connectivity index (χ1v) is 7.13. The Balaban J connectivity index is 2.23. The standard InChI is InChI=1S/C14H14BrClN2O2/c1-19-8-11-13(15)14(16)18-12(17-11)7-9-3-5-10(20-2)6-4-9/h3-6H,7-8H2,1-2H3. The van der Waals surface area contributed by atoms with Gasteiger partial charge < -0.3 is 9.47 Å². The molecular weight excluding hydrogens is 344 g/mol. The minimum atomic E-state index is 0.387. The van der Waals surface area contributed by atoms with Gasteiger partial charge in [0.2, 0.25) is 0 Å². The molecule has 1 aromatic carbocycles. The van der Waals surface area contributed by atoms with Crippen molar-refractivity contribution >= 4 is 27.5 Å². The van der Waals surface area contributed by atoms with Crippen molar-refractivity contribution < 1.29 is 9.47 Å². The van der Waals surface area contributed by atoms with Gasteiger partial charge in [-0.05, 0) is 33.6 Å². The molecule has 20 heavy (non-hydrogen) atoms. The Bertz CT molecular complexity index is 590. The topological polar surface area (TPSA) is 44.2 Å². The van der Waals surface area contributed by atoms with Crippen LogP contribution in [0.15, 0.2) is 28.7 Å². The third-order valence-corrected chi connectivity index (χ3v) is 4.06. The quantitative estimate of drug-likeness (QED) is 0.766. The zero-order valence-electron chi connectivity index (χ0n) is 11.2. The molecule has 2 rings (SSSR count). The van der Waals surface area contributed by atoms with Crippen LogP contribution in [0.4, 0.5) is 0 Å². The first-order valence-electron chi connectivity index (χ1n) is 5.96. The predicted molar refractivity (Wildman–Crippen MR) is 81.3 cm³/mol. The molecule has 106 valence electrons. The van der Waals surface area contributed by atoms with Crippen LogP contribution in [0.3, 0.4) is 0 Å². The van der Waals surface area contributed by atoms with Gasteiger partial charge in [-0.3, -0.25) is 0 Å². The molecule has 0 saturated heterocycles. The summed E-state index contributed by atoms with van der Waals surface area (Å²) in [6, 6.07) is 7.78.